The third kappa shape index (κ3) is 7.12. The SMILES string of the molecule is O=C(N[C@@H](C1CCCCC1)[C@H](O)Nc1ccc(S(=O)(=O)NC2CC(F)(F)C2)cn1)c1nonc1SC(F)F. The number of pyridine rings is 1. The molecule has 0 bridgehead atoms. The number of aliphatic hydroxyl groups is 1. The van der Waals surface area contributed by atoms with Gasteiger partial charge in [0, 0.05) is 25.1 Å². The second-order valence-electron chi connectivity index (χ2n) is 9.24. The van der Waals surface area contributed by atoms with Crippen molar-refractivity contribution in [1.82, 2.24) is 25.3 Å². The molecule has 0 radical (unpaired) electrons. The molecule has 2 atom stereocenters. The molecule has 38 heavy (non-hydrogen) atoms. The van der Waals surface area contributed by atoms with Crippen LogP contribution in [0.25, 0.3) is 0 Å². The second kappa shape index (κ2) is 11.7. The number of rotatable bonds is 11. The minimum Gasteiger partial charge on any atom is -0.372 e. The predicted molar refractivity (Wildman–Crippen MR) is 126 cm³/mol. The number of halogens is 4. The van der Waals surface area contributed by atoms with Crippen LogP contribution in [0.5, 0.6) is 0 Å². The Balaban J connectivity index is 1.43. The number of alkyl halides is 4. The highest BCUT2D eigenvalue weighted by Gasteiger charge is 2.47. The standard InChI is InChI=1S/C21H26F4N6O5S2/c22-20(23)37-19-16(29-36-30-19)18(33)28-15(11-4-2-1-3-5-11)17(32)27-14-7-6-13(10-26-14)38(34,35)31-12-8-21(24,25)9-12/h6-7,10-12,15,17,20,31-32H,1-5,8-9H2,(H,26,27)(H,28,33)/t15-,17-/m0/s1. The van der Waals surface area contributed by atoms with Crippen LogP contribution in [-0.4, -0.2) is 64.7 Å². The Morgan fingerprint density at radius 3 is 2.47 bits per heavy atom. The highest BCUT2D eigenvalue weighted by molar-refractivity contribution is 7.99. The molecule has 0 spiro atoms. The number of hydrogen-bond acceptors (Lipinski definition) is 10. The summed E-state index contributed by atoms with van der Waals surface area (Å²) in [5, 5.41) is 22.7. The Morgan fingerprint density at radius 1 is 1.16 bits per heavy atom. The molecule has 210 valence electrons. The van der Waals surface area contributed by atoms with Crippen molar-refractivity contribution in [2.45, 2.75) is 84.9 Å². The van der Waals surface area contributed by atoms with E-state index in [9.17, 15) is 35.9 Å². The molecular formula is C21H26F4N6O5S2. The monoisotopic (exact) mass is 582 g/mol. The Labute approximate surface area is 219 Å². The number of nitrogens with one attached hydrogen (secondary N) is 3. The van der Waals surface area contributed by atoms with Crippen LogP contribution in [0.3, 0.4) is 0 Å². The number of hydrogen-bond donors (Lipinski definition) is 4. The molecule has 4 N–H and O–H groups in total. The van der Waals surface area contributed by atoms with Gasteiger partial charge in [0.15, 0.2) is 5.03 Å². The summed E-state index contributed by atoms with van der Waals surface area (Å²) in [6, 6.07) is 0.737. The number of aromatic nitrogens is 3. The lowest BCUT2D eigenvalue weighted by molar-refractivity contribution is -0.0876. The van der Waals surface area contributed by atoms with E-state index < -0.39 is 64.5 Å². The van der Waals surface area contributed by atoms with Crippen molar-refractivity contribution in [3.63, 3.8) is 0 Å². The number of carbonyl (C=O) groups is 1. The molecule has 0 saturated heterocycles. The number of aliphatic hydroxyl groups excluding tert-OH is 1. The van der Waals surface area contributed by atoms with Gasteiger partial charge in [0.1, 0.15) is 16.9 Å². The summed E-state index contributed by atoms with van der Waals surface area (Å²) in [4.78, 5) is 16.6. The van der Waals surface area contributed by atoms with Gasteiger partial charge >= 0.3 is 0 Å². The van der Waals surface area contributed by atoms with Crippen molar-refractivity contribution in [3.8, 4) is 0 Å². The van der Waals surface area contributed by atoms with Gasteiger partial charge < -0.3 is 15.7 Å². The van der Waals surface area contributed by atoms with Gasteiger partial charge in [-0.25, -0.2) is 31.5 Å². The Bertz CT molecular complexity index is 1200. The zero-order valence-electron chi connectivity index (χ0n) is 19.8. The van der Waals surface area contributed by atoms with Gasteiger partial charge in [0.25, 0.3) is 17.6 Å². The third-order valence-electron chi connectivity index (χ3n) is 6.42. The molecule has 1 amide bonds. The van der Waals surface area contributed by atoms with Crippen molar-refractivity contribution in [2.75, 3.05) is 5.32 Å². The average molecular weight is 583 g/mol. The second-order valence-corrected chi connectivity index (χ2v) is 11.9. The normalized spacial score (nSPS) is 20.1. The number of amides is 1. The van der Waals surface area contributed by atoms with E-state index in [0.29, 0.717) is 12.8 Å². The van der Waals surface area contributed by atoms with Gasteiger partial charge in [0.05, 0.1) is 6.04 Å². The molecule has 17 heteroatoms. The van der Waals surface area contributed by atoms with Gasteiger partial charge in [-0.2, -0.15) is 8.78 Å². The maximum absolute atomic E-state index is 13.0. The van der Waals surface area contributed by atoms with Crippen LogP contribution in [0.15, 0.2) is 32.9 Å². The lowest BCUT2D eigenvalue weighted by Crippen LogP contribution is -2.52. The molecule has 2 aliphatic carbocycles. The number of carbonyl (C=O) groups excluding carboxylic acids is 1. The van der Waals surface area contributed by atoms with Gasteiger partial charge in [-0.1, -0.05) is 19.3 Å². The van der Waals surface area contributed by atoms with E-state index in [2.05, 4.69) is 35.3 Å². The molecular weight excluding hydrogens is 556 g/mol. The summed E-state index contributed by atoms with van der Waals surface area (Å²) in [6.07, 6.45) is 2.58. The summed E-state index contributed by atoms with van der Waals surface area (Å²) in [7, 11) is -4.07. The third-order valence-corrected chi connectivity index (χ3v) is 8.60. The minimum absolute atomic E-state index is 0.00448. The Morgan fingerprint density at radius 2 is 1.87 bits per heavy atom. The lowest BCUT2D eigenvalue weighted by Gasteiger charge is -2.35. The van der Waals surface area contributed by atoms with E-state index in [1.807, 2.05) is 0 Å². The Kier molecular flexibility index (Phi) is 8.78. The largest absolute Gasteiger partial charge is 0.372 e. The molecule has 0 aromatic carbocycles. The van der Waals surface area contributed by atoms with Crippen LogP contribution < -0.4 is 15.4 Å². The molecule has 2 aromatic heterocycles. The highest BCUT2D eigenvalue weighted by Crippen LogP contribution is 2.38. The summed E-state index contributed by atoms with van der Waals surface area (Å²) in [6.45, 7) is 0. The number of thioether (sulfide) groups is 1. The highest BCUT2D eigenvalue weighted by atomic mass is 32.2. The molecule has 0 unspecified atom stereocenters. The summed E-state index contributed by atoms with van der Waals surface area (Å²) in [5.74, 6) is -6.66. The van der Waals surface area contributed by atoms with Gasteiger partial charge in [-0.05, 0) is 53.0 Å². The van der Waals surface area contributed by atoms with E-state index in [4.69, 9.17) is 0 Å². The molecule has 2 saturated carbocycles. The minimum atomic E-state index is -4.07. The fourth-order valence-corrected chi connectivity index (χ4v) is 6.21. The van der Waals surface area contributed by atoms with E-state index >= 15 is 0 Å². The van der Waals surface area contributed by atoms with E-state index in [-0.39, 0.29) is 33.4 Å². The quantitative estimate of drug-likeness (QED) is 0.176. The first kappa shape index (κ1) is 28.5. The summed E-state index contributed by atoms with van der Waals surface area (Å²) >= 11 is 0.00448. The van der Waals surface area contributed by atoms with Crippen molar-refractivity contribution in [1.29, 1.82) is 0 Å². The fraction of sp³-hybridized carbons (Fsp3) is 0.619. The van der Waals surface area contributed by atoms with Gasteiger partial charge in [-0.3, -0.25) is 4.79 Å². The average Bonchev–Trinajstić information content (AvgIpc) is 3.29. The molecule has 0 aliphatic heterocycles. The van der Waals surface area contributed by atoms with Crippen LogP contribution in [0, 0.1) is 5.92 Å². The maximum Gasteiger partial charge on any atom is 0.290 e. The zero-order valence-corrected chi connectivity index (χ0v) is 21.5. The predicted octanol–water partition coefficient (Wildman–Crippen LogP) is 2.96. The number of anilines is 1. The van der Waals surface area contributed by atoms with Crippen LogP contribution in [-0.2, 0) is 10.0 Å². The number of nitrogens with zero attached hydrogens (tertiary/aromatic N) is 3. The molecule has 2 aliphatic rings. The van der Waals surface area contributed by atoms with Crippen molar-refractivity contribution in [2.24, 2.45) is 5.92 Å². The Hall–Kier alpha value is -2.50. The number of sulfonamides is 1. The van der Waals surface area contributed by atoms with Crippen molar-refractivity contribution in [3.05, 3.63) is 24.0 Å². The first-order chi connectivity index (χ1) is 17.9. The molecule has 4 rings (SSSR count). The summed E-state index contributed by atoms with van der Waals surface area (Å²) in [5.41, 5.74) is -0.437. The van der Waals surface area contributed by atoms with E-state index in [1.54, 1.807) is 0 Å². The first-order valence-electron chi connectivity index (χ1n) is 11.8. The zero-order chi connectivity index (χ0) is 27.5. The topological polar surface area (TPSA) is 159 Å². The van der Waals surface area contributed by atoms with E-state index in [0.717, 1.165) is 25.5 Å². The maximum atomic E-state index is 13.0. The fourth-order valence-electron chi connectivity index (χ4n) is 4.55. The van der Waals surface area contributed by atoms with Crippen molar-refractivity contribution < 1.29 is 40.5 Å². The first-order valence-corrected chi connectivity index (χ1v) is 14.2. The smallest absolute Gasteiger partial charge is 0.290 e. The van der Waals surface area contributed by atoms with Crippen LogP contribution in [0.2, 0.25) is 0 Å². The van der Waals surface area contributed by atoms with Gasteiger partial charge in [0.2, 0.25) is 15.7 Å². The van der Waals surface area contributed by atoms with Crippen molar-refractivity contribution >= 4 is 33.5 Å². The molecule has 2 heterocycles. The summed E-state index contributed by atoms with van der Waals surface area (Å²) < 4.78 is 83.1. The molecule has 2 fully saturated rings. The van der Waals surface area contributed by atoms with Crippen LogP contribution in [0.4, 0.5) is 23.4 Å². The lowest BCUT2D eigenvalue weighted by atomic mass is 9.83. The molecule has 11 nitrogen and oxygen atoms in total. The molecule has 2 aromatic rings. The van der Waals surface area contributed by atoms with E-state index in [1.165, 1.54) is 12.1 Å². The van der Waals surface area contributed by atoms with Gasteiger partial charge in [-0.15, -0.1) is 0 Å². The van der Waals surface area contributed by atoms with Crippen LogP contribution >= 0.6 is 11.8 Å². The van der Waals surface area contributed by atoms with Crippen LogP contribution in [0.1, 0.15) is 55.4 Å².